The first-order valence-corrected chi connectivity index (χ1v) is 6.80. The first-order valence-electron chi connectivity index (χ1n) is 6.80. The summed E-state index contributed by atoms with van der Waals surface area (Å²) in [6.45, 7) is 2.41. The van der Waals surface area contributed by atoms with Gasteiger partial charge in [0.1, 0.15) is 5.82 Å². The number of fused-ring (bicyclic) bond motifs is 2. The van der Waals surface area contributed by atoms with Crippen molar-refractivity contribution >= 4 is 5.97 Å². The third kappa shape index (κ3) is 2.14. The van der Waals surface area contributed by atoms with Gasteiger partial charge in [-0.15, -0.1) is 0 Å². The molecule has 4 heteroatoms. The molecule has 0 aromatic heterocycles. The Morgan fingerprint density at radius 1 is 1.47 bits per heavy atom. The fourth-order valence-corrected chi connectivity index (χ4v) is 3.56. The van der Waals surface area contributed by atoms with Crippen molar-refractivity contribution in [1.82, 2.24) is 4.90 Å². The summed E-state index contributed by atoms with van der Waals surface area (Å²) in [5, 5.41) is 9.21. The maximum Gasteiger partial charge on any atom is 0.308 e. The molecule has 3 nitrogen and oxygen atoms in total. The molecular formula is C15H18FNO2. The lowest BCUT2D eigenvalue weighted by molar-refractivity contribution is -0.142. The second-order valence-corrected chi connectivity index (χ2v) is 5.73. The summed E-state index contributed by atoms with van der Waals surface area (Å²) in [5.41, 5.74) is 1.59. The molecule has 2 saturated heterocycles. The minimum absolute atomic E-state index is 0.131. The number of benzene rings is 1. The van der Waals surface area contributed by atoms with Crippen molar-refractivity contribution in [2.24, 2.45) is 5.92 Å². The number of rotatable bonds is 3. The smallest absolute Gasteiger partial charge is 0.308 e. The van der Waals surface area contributed by atoms with Crippen molar-refractivity contribution in [3.8, 4) is 0 Å². The van der Waals surface area contributed by atoms with Gasteiger partial charge in [0.25, 0.3) is 0 Å². The highest BCUT2D eigenvalue weighted by Gasteiger charge is 2.48. The number of aliphatic carboxylic acids is 1. The van der Waals surface area contributed by atoms with Crippen LogP contribution in [0.4, 0.5) is 4.39 Å². The minimum Gasteiger partial charge on any atom is -0.481 e. The quantitative estimate of drug-likeness (QED) is 0.911. The van der Waals surface area contributed by atoms with Gasteiger partial charge < -0.3 is 5.11 Å². The fraction of sp³-hybridized carbons (Fsp3) is 0.533. The largest absolute Gasteiger partial charge is 0.481 e. The Hall–Kier alpha value is -1.42. The van der Waals surface area contributed by atoms with E-state index in [-0.39, 0.29) is 17.8 Å². The monoisotopic (exact) mass is 263 g/mol. The topological polar surface area (TPSA) is 40.5 Å². The van der Waals surface area contributed by atoms with Crippen molar-refractivity contribution in [3.63, 3.8) is 0 Å². The van der Waals surface area contributed by atoms with Crippen LogP contribution in [0, 0.1) is 18.7 Å². The molecule has 3 atom stereocenters. The molecule has 0 aliphatic carbocycles. The lowest BCUT2D eigenvalue weighted by Gasteiger charge is -2.22. The van der Waals surface area contributed by atoms with E-state index in [1.807, 2.05) is 6.07 Å². The second kappa shape index (κ2) is 4.60. The zero-order valence-electron chi connectivity index (χ0n) is 11.0. The summed E-state index contributed by atoms with van der Waals surface area (Å²) in [6, 6.07) is 5.79. The number of carbonyl (C=O) groups is 1. The molecule has 1 aromatic carbocycles. The molecule has 2 aliphatic rings. The van der Waals surface area contributed by atoms with E-state index in [0.717, 1.165) is 24.8 Å². The summed E-state index contributed by atoms with van der Waals surface area (Å²) in [7, 11) is 0. The number of hydrogen-bond acceptors (Lipinski definition) is 2. The van der Waals surface area contributed by atoms with Crippen LogP contribution in [0.3, 0.4) is 0 Å². The van der Waals surface area contributed by atoms with E-state index in [0.29, 0.717) is 18.2 Å². The summed E-state index contributed by atoms with van der Waals surface area (Å²) in [4.78, 5) is 13.5. The van der Waals surface area contributed by atoms with E-state index in [9.17, 15) is 14.3 Å². The Morgan fingerprint density at radius 3 is 2.89 bits per heavy atom. The fourth-order valence-electron chi connectivity index (χ4n) is 3.56. The summed E-state index contributed by atoms with van der Waals surface area (Å²) in [6.07, 6.45) is 2.77. The predicted octanol–water partition coefficient (Wildman–Crippen LogP) is 2.57. The molecule has 0 spiro atoms. The molecule has 0 amide bonds. The third-order valence-electron chi connectivity index (χ3n) is 4.60. The van der Waals surface area contributed by atoms with E-state index < -0.39 is 5.97 Å². The van der Waals surface area contributed by atoms with Crippen molar-refractivity contribution in [2.45, 2.75) is 44.8 Å². The number of halogens is 1. The Kier molecular flexibility index (Phi) is 3.05. The minimum atomic E-state index is -0.688. The Morgan fingerprint density at radius 2 is 2.26 bits per heavy atom. The Labute approximate surface area is 112 Å². The van der Waals surface area contributed by atoms with Gasteiger partial charge in [-0.2, -0.15) is 0 Å². The van der Waals surface area contributed by atoms with Gasteiger partial charge in [-0.05, 0) is 43.4 Å². The van der Waals surface area contributed by atoms with E-state index >= 15 is 0 Å². The van der Waals surface area contributed by atoms with Crippen LogP contribution in [0.1, 0.15) is 30.4 Å². The Balaban J connectivity index is 1.77. The van der Waals surface area contributed by atoms with Gasteiger partial charge in [0.05, 0.1) is 5.92 Å². The predicted molar refractivity (Wildman–Crippen MR) is 69.2 cm³/mol. The Bertz CT molecular complexity index is 517. The number of carboxylic acids is 1. The van der Waals surface area contributed by atoms with Crippen molar-refractivity contribution in [2.75, 3.05) is 0 Å². The summed E-state index contributed by atoms with van der Waals surface area (Å²) >= 11 is 0. The van der Waals surface area contributed by atoms with Crippen LogP contribution < -0.4 is 0 Å². The van der Waals surface area contributed by atoms with Crippen LogP contribution in [-0.4, -0.2) is 28.1 Å². The van der Waals surface area contributed by atoms with Crippen molar-refractivity contribution < 1.29 is 14.3 Å². The van der Waals surface area contributed by atoms with Crippen LogP contribution >= 0.6 is 0 Å². The third-order valence-corrected chi connectivity index (χ3v) is 4.60. The maximum atomic E-state index is 13.6. The van der Waals surface area contributed by atoms with Gasteiger partial charge in [0, 0.05) is 18.6 Å². The second-order valence-electron chi connectivity index (χ2n) is 5.73. The van der Waals surface area contributed by atoms with Crippen molar-refractivity contribution in [3.05, 3.63) is 35.1 Å². The zero-order valence-corrected chi connectivity index (χ0v) is 11.0. The highest BCUT2D eigenvalue weighted by Crippen LogP contribution is 2.42. The standard InChI is InChI=1S/C15H18FNO2/c1-9-2-3-10(6-13(9)16)8-17-11-4-5-14(17)12(7-11)15(18)19/h2-3,6,11-12,14H,4-5,7-8H2,1H3,(H,18,19). The number of aryl methyl sites for hydroxylation is 1. The van der Waals surface area contributed by atoms with Gasteiger partial charge in [0.15, 0.2) is 0 Å². The van der Waals surface area contributed by atoms with Crippen molar-refractivity contribution in [1.29, 1.82) is 0 Å². The SMILES string of the molecule is Cc1ccc(CN2C3CCC2C(C(=O)O)C3)cc1F. The number of hydrogen-bond donors (Lipinski definition) is 1. The molecule has 2 heterocycles. The maximum absolute atomic E-state index is 13.6. The summed E-state index contributed by atoms with van der Waals surface area (Å²) in [5.74, 6) is -1.11. The molecule has 19 heavy (non-hydrogen) atoms. The first-order chi connectivity index (χ1) is 9.06. The van der Waals surface area contributed by atoms with Crippen LogP contribution in [0.15, 0.2) is 18.2 Å². The summed E-state index contributed by atoms with van der Waals surface area (Å²) < 4.78 is 13.6. The van der Waals surface area contributed by atoms with Gasteiger partial charge in [-0.3, -0.25) is 9.69 Å². The van der Waals surface area contributed by atoms with Gasteiger partial charge >= 0.3 is 5.97 Å². The first kappa shape index (κ1) is 12.6. The molecule has 2 fully saturated rings. The zero-order chi connectivity index (χ0) is 13.6. The number of carboxylic acid groups (broad SMARTS) is 1. The molecule has 2 bridgehead atoms. The molecule has 102 valence electrons. The van der Waals surface area contributed by atoms with Gasteiger partial charge in [0.2, 0.25) is 0 Å². The molecule has 1 aromatic rings. The molecule has 2 aliphatic heterocycles. The molecule has 0 radical (unpaired) electrons. The molecule has 3 rings (SSSR count). The highest BCUT2D eigenvalue weighted by molar-refractivity contribution is 5.71. The lowest BCUT2D eigenvalue weighted by atomic mass is 9.89. The van der Waals surface area contributed by atoms with Crippen LogP contribution in [0.2, 0.25) is 0 Å². The lowest BCUT2D eigenvalue weighted by Crippen LogP contribution is -2.32. The average molecular weight is 263 g/mol. The van der Waals surface area contributed by atoms with E-state index in [1.54, 1.807) is 19.1 Å². The highest BCUT2D eigenvalue weighted by atomic mass is 19.1. The van der Waals surface area contributed by atoms with Crippen LogP contribution in [0.5, 0.6) is 0 Å². The molecular weight excluding hydrogens is 245 g/mol. The van der Waals surface area contributed by atoms with Crippen LogP contribution in [-0.2, 0) is 11.3 Å². The number of nitrogens with zero attached hydrogens (tertiary/aromatic N) is 1. The van der Waals surface area contributed by atoms with E-state index in [2.05, 4.69) is 4.90 Å². The molecule has 1 N–H and O–H groups in total. The van der Waals surface area contributed by atoms with Crippen LogP contribution in [0.25, 0.3) is 0 Å². The molecule has 3 unspecified atom stereocenters. The van der Waals surface area contributed by atoms with Gasteiger partial charge in [-0.1, -0.05) is 12.1 Å². The average Bonchev–Trinajstić information content (AvgIpc) is 2.91. The molecule has 0 saturated carbocycles. The van der Waals surface area contributed by atoms with E-state index in [4.69, 9.17) is 0 Å². The van der Waals surface area contributed by atoms with E-state index in [1.165, 1.54) is 0 Å². The normalized spacial score (nSPS) is 29.9. The van der Waals surface area contributed by atoms with Gasteiger partial charge in [-0.25, -0.2) is 4.39 Å².